The van der Waals surface area contributed by atoms with E-state index in [1.807, 2.05) is 6.92 Å². The third kappa shape index (κ3) is 6.14. The number of amides is 1. The molecule has 2 N–H and O–H groups in total. The maximum absolute atomic E-state index is 13.0. The van der Waals surface area contributed by atoms with Gasteiger partial charge in [-0.25, -0.2) is 0 Å². The van der Waals surface area contributed by atoms with Crippen molar-refractivity contribution in [2.45, 2.75) is 38.7 Å². The van der Waals surface area contributed by atoms with Crippen molar-refractivity contribution in [1.29, 1.82) is 0 Å². The molecule has 1 amide bonds. The van der Waals surface area contributed by atoms with Gasteiger partial charge in [0.1, 0.15) is 22.1 Å². The van der Waals surface area contributed by atoms with Crippen LogP contribution in [0.4, 0.5) is 18.9 Å². The first-order chi connectivity index (χ1) is 19.3. The number of fused-ring (bicyclic) bond motifs is 1. The van der Waals surface area contributed by atoms with Gasteiger partial charge < -0.3 is 14.3 Å². The molecule has 218 valence electrons. The first kappa shape index (κ1) is 30.6. The van der Waals surface area contributed by atoms with Crippen molar-refractivity contribution in [3.63, 3.8) is 0 Å². The largest absolute Gasteiger partial charge is 0.516 e. The van der Waals surface area contributed by atoms with E-state index in [0.29, 0.717) is 46.2 Å². The van der Waals surface area contributed by atoms with Crippen LogP contribution in [0.3, 0.4) is 0 Å². The normalized spacial score (nSPS) is 12.1. The van der Waals surface area contributed by atoms with E-state index in [0.717, 1.165) is 0 Å². The first-order valence-electron chi connectivity index (χ1n) is 12.3. The molecule has 0 aliphatic heterocycles. The second-order valence-electron chi connectivity index (χ2n) is 8.86. The number of rotatable bonds is 9. The Balaban J connectivity index is 1.81. The molecular formula is C26H23BrClF3N4O5S. The monoisotopic (exact) mass is 674 g/mol. The Bertz CT molecular complexity index is 1810. The van der Waals surface area contributed by atoms with E-state index < -0.39 is 27.0 Å². The van der Waals surface area contributed by atoms with Crippen LogP contribution in [0.2, 0.25) is 5.02 Å². The second kappa shape index (κ2) is 11.9. The third-order valence-corrected chi connectivity index (χ3v) is 8.21. The number of anilines is 1. The van der Waals surface area contributed by atoms with Gasteiger partial charge in [0.25, 0.3) is 11.5 Å². The smallest absolute Gasteiger partial charge is 0.455 e. The molecule has 4 aromatic rings. The highest BCUT2D eigenvalue weighted by Crippen LogP contribution is 2.42. The van der Waals surface area contributed by atoms with Crippen LogP contribution in [0.1, 0.15) is 42.1 Å². The van der Waals surface area contributed by atoms with Gasteiger partial charge in [-0.3, -0.25) is 14.3 Å². The number of benzene rings is 2. The van der Waals surface area contributed by atoms with Crippen molar-refractivity contribution in [3.8, 4) is 11.3 Å². The summed E-state index contributed by atoms with van der Waals surface area (Å²) in [5.74, 6) is -0.0541. The quantitative estimate of drug-likeness (QED) is 0.222. The number of hydrogen-bond donors (Lipinski definition) is 2. The van der Waals surface area contributed by atoms with Crippen LogP contribution in [0, 0.1) is 0 Å². The minimum absolute atomic E-state index is 0.0186. The van der Waals surface area contributed by atoms with Crippen LogP contribution in [0.5, 0.6) is 0 Å². The number of halogens is 5. The van der Waals surface area contributed by atoms with Crippen LogP contribution >= 0.6 is 27.5 Å². The Hall–Kier alpha value is -3.36. The predicted octanol–water partition coefficient (Wildman–Crippen LogP) is 6.08. The molecule has 2 aromatic carbocycles. The summed E-state index contributed by atoms with van der Waals surface area (Å²) in [7, 11) is -5.68. The maximum Gasteiger partial charge on any atom is 0.516 e. The molecule has 0 bridgehead atoms. The lowest BCUT2D eigenvalue weighted by Crippen LogP contribution is -2.32. The average molecular weight is 676 g/mol. The fourth-order valence-corrected chi connectivity index (χ4v) is 5.59. The molecule has 0 aliphatic carbocycles. The molecule has 15 heteroatoms. The summed E-state index contributed by atoms with van der Waals surface area (Å²) in [6.45, 7) is 4.06. The molecule has 2 aromatic heterocycles. The number of carbonyl (C=O) groups excluding carboxylic acids is 1. The summed E-state index contributed by atoms with van der Waals surface area (Å²) < 4.78 is 72.1. The highest BCUT2D eigenvalue weighted by molar-refractivity contribution is 9.10. The van der Waals surface area contributed by atoms with E-state index in [-0.39, 0.29) is 34.3 Å². The number of nitrogens with zero attached hydrogens (tertiary/aromatic N) is 2. The number of alkyl halides is 3. The number of sulfonamides is 1. The first-order valence-corrected chi connectivity index (χ1v) is 14.9. The Morgan fingerprint density at radius 1 is 1.17 bits per heavy atom. The van der Waals surface area contributed by atoms with Gasteiger partial charge in [-0.15, -0.1) is 0 Å². The molecule has 0 unspecified atom stereocenters. The van der Waals surface area contributed by atoms with Crippen LogP contribution in [0.15, 0.2) is 56.1 Å². The predicted molar refractivity (Wildman–Crippen MR) is 153 cm³/mol. The van der Waals surface area contributed by atoms with E-state index >= 15 is 0 Å². The van der Waals surface area contributed by atoms with Gasteiger partial charge in [-0.05, 0) is 59.1 Å². The van der Waals surface area contributed by atoms with Crippen molar-refractivity contribution < 1.29 is 30.8 Å². The summed E-state index contributed by atoms with van der Waals surface area (Å²) in [4.78, 5) is 29.4. The molecule has 0 radical (unpaired) electrons. The van der Waals surface area contributed by atoms with Crippen molar-refractivity contribution in [1.82, 2.24) is 14.9 Å². The van der Waals surface area contributed by atoms with Crippen LogP contribution in [-0.4, -0.2) is 35.9 Å². The van der Waals surface area contributed by atoms with Gasteiger partial charge in [0, 0.05) is 30.5 Å². The Kier molecular flexibility index (Phi) is 8.85. The highest BCUT2D eigenvalue weighted by atomic mass is 79.9. The number of nitrogens with one attached hydrogen (secondary N) is 2. The lowest BCUT2D eigenvalue weighted by Gasteiger charge is -2.18. The Morgan fingerprint density at radius 2 is 1.88 bits per heavy atom. The fourth-order valence-electron chi connectivity index (χ4n) is 4.17. The van der Waals surface area contributed by atoms with Crippen molar-refractivity contribution in [3.05, 3.63) is 79.4 Å². The molecule has 0 saturated heterocycles. The van der Waals surface area contributed by atoms with Crippen molar-refractivity contribution in [2.75, 3.05) is 11.3 Å². The minimum Gasteiger partial charge on any atom is -0.455 e. The van der Waals surface area contributed by atoms with Gasteiger partial charge in [0.15, 0.2) is 5.76 Å². The zero-order valence-electron chi connectivity index (χ0n) is 21.6. The molecule has 0 fully saturated rings. The minimum atomic E-state index is -5.68. The third-order valence-electron chi connectivity index (χ3n) is 5.99. The summed E-state index contributed by atoms with van der Waals surface area (Å²) in [6, 6.07) is 10.6. The number of hydrogen-bond acceptors (Lipinski definition) is 6. The standard InChI is InChI=1S/C26H23BrClF3N4O5S/c1-3-7-19-33-24(36)21(28)22(25(37)32-4-2)35(19)13-14-10-11-18-16(12-14)20(27)23(40-18)15-8-5-6-9-17(15)34-41(38,39)26(29,30)31/h5-6,8-12,34H,3-4,7,13H2,1-2H3,(H,32,37). The average Bonchev–Trinajstić information content (AvgIpc) is 3.22. The Morgan fingerprint density at radius 3 is 2.54 bits per heavy atom. The molecule has 0 saturated carbocycles. The number of para-hydroxylation sites is 1. The maximum atomic E-state index is 13.0. The fraction of sp³-hybridized carbons (Fsp3) is 0.269. The lowest BCUT2D eigenvalue weighted by atomic mass is 10.1. The molecule has 4 rings (SSSR count). The second-order valence-corrected chi connectivity index (χ2v) is 11.7. The van der Waals surface area contributed by atoms with Crippen LogP contribution < -0.4 is 15.6 Å². The number of carbonyl (C=O) groups is 1. The highest BCUT2D eigenvalue weighted by Gasteiger charge is 2.46. The Labute approximate surface area is 245 Å². The summed E-state index contributed by atoms with van der Waals surface area (Å²) in [6.07, 6.45) is 1.06. The zero-order valence-corrected chi connectivity index (χ0v) is 24.8. The van der Waals surface area contributed by atoms with Crippen molar-refractivity contribution in [2.24, 2.45) is 0 Å². The number of furan rings is 1. The van der Waals surface area contributed by atoms with E-state index in [1.165, 1.54) is 24.3 Å². The SMILES string of the molecule is CCCc1nc(=O)c(Cl)c(C(=O)NCC)n1Cc1ccc2oc(-c3ccccc3NS(=O)(=O)C(F)(F)F)c(Br)c2c1. The van der Waals surface area contributed by atoms with E-state index in [9.17, 15) is 31.2 Å². The number of aromatic nitrogens is 2. The molecule has 41 heavy (non-hydrogen) atoms. The van der Waals surface area contributed by atoms with Crippen LogP contribution in [-0.2, 0) is 23.0 Å². The molecule has 9 nitrogen and oxygen atoms in total. The van der Waals surface area contributed by atoms with Crippen LogP contribution in [0.25, 0.3) is 22.3 Å². The molecule has 2 heterocycles. The molecule has 0 spiro atoms. The van der Waals surface area contributed by atoms with Gasteiger partial charge in [-0.1, -0.05) is 36.7 Å². The van der Waals surface area contributed by atoms with E-state index in [4.69, 9.17) is 16.0 Å². The molecule has 0 aliphatic rings. The van der Waals surface area contributed by atoms with Gasteiger partial charge in [0.05, 0.1) is 10.2 Å². The molecule has 0 atom stereocenters. The van der Waals surface area contributed by atoms with Gasteiger partial charge >= 0.3 is 15.5 Å². The summed E-state index contributed by atoms with van der Waals surface area (Å²) >= 11 is 9.69. The van der Waals surface area contributed by atoms with Gasteiger partial charge in [0.2, 0.25) is 0 Å². The molecular weight excluding hydrogens is 653 g/mol. The van der Waals surface area contributed by atoms with E-state index in [2.05, 4.69) is 26.2 Å². The summed E-state index contributed by atoms with van der Waals surface area (Å²) in [5.41, 5.74) is -5.46. The van der Waals surface area contributed by atoms with Gasteiger partial charge in [-0.2, -0.15) is 26.6 Å². The van der Waals surface area contributed by atoms with Crippen molar-refractivity contribution >= 4 is 60.1 Å². The lowest BCUT2D eigenvalue weighted by molar-refractivity contribution is -0.0429. The van der Waals surface area contributed by atoms with E-state index in [1.54, 1.807) is 34.4 Å². The topological polar surface area (TPSA) is 123 Å². The summed E-state index contributed by atoms with van der Waals surface area (Å²) in [5, 5.41) is 2.89. The zero-order chi connectivity index (χ0) is 30.1. The number of aryl methyl sites for hydroxylation is 1.